The molecule has 0 aliphatic carbocycles. The average molecular weight is 328 g/mol. The second-order valence-electron chi connectivity index (χ2n) is 4.55. The highest BCUT2D eigenvalue weighted by molar-refractivity contribution is 7.91. The molecule has 0 aliphatic rings. The highest BCUT2D eigenvalue weighted by Crippen LogP contribution is 2.21. The van der Waals surface area contributed by atoms with Crippen LogP contribution in [-0.2, 0) is 23.1 Å². The number of hydrogen-bond donors (Lipinski definition) is 2. The number of thiophene rings is 1. The van der Waals surface area contributed by atoms with E-state index in [4.69, 9.17) is 0 Å². The van der Waals surface area contributed by atoms with E-state index in [2.05, 4.69) is 15.0 Å². The van der Waals surface area contributed by atoms with Gasteiger partial charge >= 0.3 is 0 Å². The largest absolute Gasteiger partial charge is 0.337 e. The van der Waals surface area contributed by atoms with Crippen LogP contribution in [0, 0.1) is 0 Å². The van der Waals surface area contributed by atoms with E-state index < -0.39 is 10.0 Å². The van der Waals surface area contributed by atoms with Gasteiger partial charge in [-0.2, -0.15) is 0 Å². The molecular formula is C13H20N4O2S2. The van der Waals surface area contributed by atoms with Gasteiger partial charge in [0.15, 0.2) is 0 Å². The van der Waals surface area contributed by atoms with Crippen molar-refractivity contribution in [2.24, 2.45) is 0 Å². The summed E-state index contributed by atoms with van der Waals surface area (Å²) in [5.41, 5.74) is 0. The maximum absolute atomic E-state index is 12.1. The number of rotatable bonds is 9. The molecule has 0 fully saturated rings. The summed E-state index contributed by atoms with van der Waals surface area (Å²) >= 11 is 1.31. The zero-order chi connectivity index (χ0) is 15.1. The minimum Gasteiger partial charge on any atom is -0.337 e. The van der Waals surface area contributed by atoms with E-state index in [1.165, 1.54) is 11.3 Å². The Bertz CT molecular complexity index is 635. The van der Waals surface area contributed by atoms with Gasteiger partial charge in [-0.3, -0.25) is 0 Å². The molecule has 21 heavy (non-hydrogen) atoms. The van der Waals surface area contributed by atoms with E-state index in [9.17, 15) is 8.42 Å². The number of hydrogen-bond acceptors (Lipinski definition) is 5. The Kier molecular flexibility index (Phi) is 5.92. The van der Waals surface area contributed by atoms with Gasteiger partial charge < -0.3 is 9.88 Å². The van der Waals surface area contributed by atoms with Gasteiger partial charge in [0, 0.05) is 36.9 Å². The third-order valence-corrected chi connectivity index (χ3v) is 5.93. The Morgan fingerprint density at radius 1 is 1.38 bits per heavy atom. The fourth-order valence-electron chi connectivity index (χ4n) is 1.80. The highest BCUT2D eigenvalue weighted by Gasteiger charge is 2.15. The molecule has 0 aliphatic heterocycles. The van der Waals surface area contributed by atoms with Crippen molar-refractivity contribution in [2.45, 2.75) is 30.6 Å². The summed E-state index contributed by atoms with van der Waals surface area (Å²) < 4.78 is 29.2. The summed E-state index contributed by atoms with van der Waals surface area (Å²) in [5.74, 6) is 0. The van der Waals surface area contributed by atoms with Gasteiger partial charge in [0.25, 0.3) is 0 Å². The highest BCUT2D eigenvalue weighted by atomic mass is 32.2. The third kappa shape index (κ3) is 4.92. The number of nitrogens with zero attached hydrogens (tertiary/aromatic N) is 2. The summed E-state index contributed by atoms with van der Waals surface area (Å²) in [6.45, 7) is 4.76. The predicted molar refractivity (Wildman–Crippen MR) is 83.7 cm³/mol. The van der Waals surface area contributed by atoms with Crippen LogP contribution in [0.25, 0.3) is 0 Å². The molecule has 2 aromatic rings. The minimum atomic E-state index is -3.39. The average Bonchev–Trinajstić information content (AvgIpc) is 3.13. The van der Waals surface area contributed by atoms with Crippen LogP contribution in [0.15, 0.2) is 35.1 Å². The molecule has 0 amide bonds. The third-order valence-electron chi connectivity index (χ3n) is 2.90. The molecule has 2 heterocycles. The number of sulfonamides is 1. The second-order valence-corrected chi connectivity index (χ2v) is 7.72. The molecule has 0 unspecified atom stereocenters. The quantitative estimate of drug-likeness (QED) is 0.683. The Balaban J connectivity index is 1.82. The number of aryl methyl sites for hydroxylation is 1. The van der Waals surface area contributed by atoms with Crippen LogP contribution < -0.4 is 10.0 Å². The molecule has 2 rings (SSSR count). The van der Waals surface area contributed by atoms with E-state index >= 15 is 0 Å². The van der Waals surface area contributed by atoms with E-state index in [1.54, 1.807) is 18.6 Å². The summed E-state index contributed by atoms with van der Waals surface area (Å²) in [6.07, 6.45) is 6.02. The molecule has 2 N–H and O–H groups in total. The van der Waals surface area contributed by atoms with Crippen molar-refractivity contribution in [3.63, 3.8) is 0 Å². The van der Waals surface area contributed by atoms with Crippen molar-refractivity contribution >= 4 is 21.4 Å². The van der Waals surface area contributed by atoms with Gasteiger partial charge in [-0.25, -0.2) is 18.1 Å². The van der Waals surface area contributed by atoms with Crippen molar-refractivity contribution in [1.82, 2.24) is 19.6 Å². The van der Waals surface area contributed by atoms with Crippen molar-refractivity contribution in [3.05, 3.63) is 35.7 Å². The second kappa shape index (κ2) is 7.69. The van der Waals surface area contributed by atoms with Crippen LogP contribution >= 0.6 is 11.3 Å². The fraction of sp³-hybridized carbons (Fsp3) is 0.462. The van der Waals surface area contributed by atoms with Crippen LogP contribution in [-0.4, -0.2) is 31.1 Å². The summed E-state index contributed by atoms with van der Waals surface area (Å²) in [5, 5.41) is 3.18. The molecule has 8 heteroatoms. The van der Waals surface area contributed by atoms with E-state index in [1.807, 2.05) is 23.8 Å². The first-order chi connectivity index (χ1) is 10.1. The molecule has 0 spiro atoms. The fourth-order valence-corrected chi connectivity index (χ4v) is 4.25. The number of imidazole rings is 1. The Labute approximate surface area is 129 Å². The van der Waals surface area contributed by atoms with Gasteiger partial charge in [-0.05, 0) is 25.1 Å². The van der Waals surface area contributed by atoms with Crippen LogP contribution in [0.4, 0.5) is 0 Å². The monoisotopic (exact) mass is 328 g/mol. The molecule has 0 atom stereocenters. The van der Waals surface area contributed by atoms with Gasteiger partial charge in [0.2, 0.25) is 10.0 Å². The lowest BCUT2D eigenvalue weighted by molar-refractivity contribution is 0.571. The summed E-state index contributed by atoms with van der Waals surface area (Å²) in [6, 6.07) is 3.52. The molecule has 0 aromatic carbocycles. The van der Waals surface area contributed by atoms with Gasteiger partial charge in [0.1, 0.15) is 4.21 Å². The smallest absolute Gasteiger partial charge is 0.250 e. The van der Waals surface area contributed by atoms with Gasteiger partial charge in [-0.15, -0.1) is 11.3 Å². The SMILES string of the molecule is CCNCc1ccc(S(=O)(=O)NCCCn2ccnc2)s1. The first-order valence-corrected chi connectivity index (χ1v) is 9.16. The van der Waals surface area contributed by atoms with E-state index in [0.29, 0.717) is 17.3 Å². The Morgan fingerprint density at radius 3 is 2.95 bits per heavy atom. The van der Waals surface area contributed by atoms with Crippen molar-refractivity contribution in [3.8, 4) is 0 Å². The molecule has 0 bridgehead atoms. The topological polar surface area (TPSA) is 76.0 Å². The van der Waals surface area contributed by atoms with Crippen molar-refractivity contribution in [2.75, 3.05) is 13.1 Å². The summed E-state index contributed by atoms with van der Waals surface area (Å²) in [7, 11) is -3.39. The zero-order valence-corrected chi connectivity index (χ0v) is 13.6. The zero-order valence-electron chi connectivity index (χ0n) is 11.9. The van der Waals surface area contributed by atoms with Crippen molar-refractivity contribution in [1.29, 1.82) is 0 Å². The lowest BCUT2D eigenvalue weighted by atomic mass is 10.4. The van der Waals surface area contributed by atoms with Gasteiger partial charge in [0.05, 0.1) is 6.33 Å². The Hall–Kier alpha value is -1.22. The standard InChI is InChI=1S/C13H20N4O2S2/c1-2-14-10-12-4-5-13(20-12)21(18,19)16-6-3-8-17-9-7-15-11-17/h4-5,7,9,11,14,16H,2-3,6,8,10H2,1H3. The van der Waals surface area contributed by atoms with E-state index in [0.717, 1.165) is 24.4 Å². The lowest BCUT2D eigenvalue weighted by Gasteiger charge is -2.05. The van der Waals surface area contributed by atoms with Crippen molar-refractivity contribution < 1.29 is 8.42 Å². The number of aromatic nitrogens is 2. The minimum absolute atomic E-state index is 0.373. The molecular weight excluding hydrogens is 308 g/mol. The maximum atomic E-state index is 12.1. The van der Waals surface area contributed by atoms with Crippen LogP contribution in [0.3, 0.4) is 0 Å². The Morgan fingerprint density at radius 2 is 2.24 bits per heavy atom. The molecule has 2 aromatic heterocycles. The molecule has 0 saturated carbocycles. The molecule has 0 saturated heterocycles. The molecule has 116 valence electrons. The maximum Gasteiger partial charge on any atom is 0.250 e. The van der Waals surface area contributed by atoms with Crippen LogP contribution in [0.5, 0.6) is 0 Å². The van der Waals surface area contributed by atoms with Gasteiger partial charge in [-0.1, -0.05) is 6.92 Å². The molecule has 6 nitrogen and oxygen atoms in total. The van der Waals surface area contributed by atoms with Crippen LogP contribution in [0.1, 0.15) is 18.2 Å². The molecule has 0 radical (unpaired) electrons. The summed E-state index contributed by atoms with van der Waals surface area (Å²) in [4.78, 5) is 4.97. The normalized spacial score (nSPS) is 11.9. The first kappa shape index (κ1) is 16.2. The predicted octanol–water partition coefficient (Wildman–Crippen LogP) is 1.42. The lowest BCUT2D eigenvalue weighted by Crippen LogP contribution is -2.24. The first-order valence-electron chi connectivity index (χ1n) is 6.86. The van der Waals surface area contributed by atoms with E-state index in [-0.39, 0.29) is 0 Å². The van der Waals surface area contributed by atoms with Crippen LogP contribution in [0.2, 0.25) is 0 Å². The number of nitrogens with one attached hydrogen (secondary N) is 2.